The first kappa shape index (κ1) is 13.0. The number of aromatic amines is 1. The quantitative estimate of drug-likeness (QED) is 0.809. The van der Waals surface area contributed by atoms with Crippen LogP contribution in [0.25, 0.3) is 10.9 Å². The lowest BCUT2D eigenvalue weighted by molar-refractivity contribution is -0.139. The van der Waals surface area contributed by atoms with Gasteiger partial charge in [0.05, 0.1) is 0 Å². The van der Waals surface area contributed by atoms with Gasteiger partial charge in [0.25, 0.3) is 5.91 Å². The zero-order valence-electron chi connectivity index (χ0n) is 10.5. The standard InChI is InChI=1S/C14H13ClN2O3/c15-9-4-3-8-5-11(16-10(8)6-9)13(18)17-12(14(19)20)7-1-2-7/h3-7,12,16H,1-2H2,(H,17,18)(H,19,20). The summed E-state index contributed by atoms with van der Waals surface area (Å²) in [4.78, 5) is 26.2. The number of benzene rings is 1. The molecule has 3 rings (SSSR count). The van der Waals surface area contributed by atoms with E-state index in [1.54, 1.807) is 24.3 Å². The molecule has 104 valence electrons. The van der Waals surface area contributed by atoms with Gasteiger partial charge >= 0.3 is 5.97 Å². The number of halogens is 1. The van der Waals surface area contributed by atoms with Crippen LogP contribution in [0.15, 0.2) is 24.3 Å². The molecule has 0 aliphatic heterocycles. The topological polar surface area (TPSA) is 82.2 Å². The van der Waals surface area contributed by atoms with Crippen LogP contribution in [0.5, 0.6) is 0 Å². The summed E-state index contributed by atoms with van der Waals surface area (Å²) in [5.41, 5.74) is 1.09. The Labute approximate surface area is 119 Å². The van der Waals surface area contributed by atoms with Gasteiger partial charge in [-0.25, -0.2) is 4.79 Å². The summed E-state index contributed by atoms with van der Waals surface area (Å²) in [6, 6.07) is 6.15. The van der Waals surface area contributed by atoms with Crippen LogP contribution in [-0.2, 0) is 4.79 Å². The van der Waals surface area contributed by atoms with Gasteiger partial charge in [-0.15, -0.1) is 0 Å². The minimum absolute atomic E-state index is 0.0512. The van der Waals surface area contributed by atoms with E-state index < -0.39 is 17.9 Å². The molecular weight excluding hydrogens is 280 g/mol. The van der Waals surface area contributed by atoms with Gasteiger partial charge in [-0.2, -0.15) is 0 Å². The van der Waals surface area contributed by atoms with Crippen LogP contribution in [0.1, 0.15) is 23.3 Å². The van der Waals surface area contributed by atoms with Crippen molar-refractivity contribution in [2.75, 3.05) is 0 Å². The van der Waals surface area contributed by atoms with Gasteiger partial charge < -0.3 is 15.4 Å². The van der Waals surface area contributed by atoms with Crippen LogP contribution in [0.2, 0.25) is 5.02 Å². The van der Waals surface area contributed by atoms with E-state index in [9.17, 15) is 9.59 Å². The summed E-state index contributed by atoms with van der Waals surface area (Å²) in [5.74, 6) is -1.34. The van der Waals surface area contributed by atoms with Crippen molar-refractivity contribution in [2.24, 2.45) is 5.92 Å². The number of H-pyrrole nitrogens is 1. The second kappa shape index (κ2) is 4.83. The van der Waals surface area contributed by atoms with Crippen LogP contribution in [0.4, 0.5) is 0 Å². The molecule has 0 saturated heterocycles. The lowest BCUT2D eigenvalue weighted by Crippen LogP contribution is -2.42. The Kier molecular flexibility index (Phi) is 3.14. The average molecular weight is 293 g/mol. The molecule has 2 aromatic rings. The third-order valence-corrected chi connectivity index (χ3v) is 3.71. The largest absolute Gasteiger partial charge is 0.480 e. The second-order valence-electron chi connectivity index (χ2n) is 5.04. The Morgan fingerprint density at radius 1 is 1.35 bits per heavy atom. The molecule has 1 aliphatic carbocycles. The number of hydrogen-bond acceptors (Lipinski definition) is 2. The first-order valence-corrected chi connectivity index (χ1v) is 6.74. The number of aliphatic carboxylic acids is 1. The van der Waals surface area contributed by atoms with Crippen LogP contribution < -0.4 is 5.32 Å². The molecule has 1 heterocycles. The summed E-state index contributed by atoms with van der Waals surface area (Å²) in [6.07, 6.45) is 1.69. The first-order chi connectivity index (χ1) is 9.54. The van der Waals surface area contributed by atoms with Crippen LogP contribution in [-0.4, -0.2) is 28.0 Å². The fourth-order valence-electron chi connectivity index (χ4n) is 2.25. The minimum atomic E-state index is -0.986. The van der Waals surface area contributed by atoms with Crippen molar-refractivity contribution in [1.82, 2.24) is 10.3 Å². The lowest BCUT2D eigenvalue weighted by atomic mass is 10.2. The van der Waals surface area contributed by atoms with Crippen molar-refractivity contribution in [1.29, 1.82) is 0 Å². The summed E-state index contributed by atoms with van der Waals surface area (Å²) < 4.78 is 0. The van der Waals surface area contributed by atoms with Crippen molar-refractivity contribution in [2.45, 2.75) is 18.9 Å². The number of carboxylic acids is 1. The minimum Gasteiger partial charge on any atom is -0.480 e. The number of carbonyl (C=O) groups is 2. The number of rotatable bonds is 4. The Balaban J connectivity index is 1.82. The monoisotopic (exact) mass is 292 g/mol. The van der Waals surface area contributed by atoms with Crippen molar-refractivity contribution in [3.63, 3.8) is 0 Å². The second-order valence-corrected chi connectivity index (χ2v) is 5.48. The molecule has 1 aromatic carbocycles. The lowest BCUT2D eigenvalue weighted by Gasteiger charge is -2.12. The van der Waals surface area contributed by atoms with E-state index in [0.29, 0.717) is 10.7 Å². The highest BCUT2D eigenvalue weighted by Crippen LogP contribution is 2.33. The molecule has 20 heavy (non-hydrogen) atoms. The molecule has 1 aromatic heterocycles. The van der Waals surface area contributed by atoms with Gasteiger partial charge in [0.15, 0.2) is 0 Å². The molecule has 3 N–H and O–H groups in total. The van der Waals surface area contributed by atoms with Crippen molar-refractivity contribution in [3.8, 4) is 0 Å². The number of fused-ring (bicyclic) bond motifs is 1. The first-order valence-electron chi connectivity index (χ1n) is 6.36. The summed E-state index contributed by atoms with van der Waals surface area (Å²) in [6.45, 7) is 0. The zero-order valence-corrected chi connectivity index (χ0v) is 11.3. The predicted octanol–water partition coefficient (Wildman–Crippen LogP) is 2.41. The highest BCUT2D eigenvalue weighted by atomic mass is 35.5. The van der Waals surface area contributed by atoms with Gasteiger partial charge in [0, 0.05) is 15.9 Å². The Bertz CT molecular complexity index is 691. The van der Waals surface area contributed by atoms with Gasteiger partial charge in [-0.1, -0.05) is 17.7 Å². The van der Waals surface area contributed by atoms with Crippen LogP contribution >= 0.6 is 11.6 Å². The average Bonchev–Trinajstić information content (AvgIpc) is 3.14. The molecule has 1 saturated carbocycles. The van der Waals surface area contributed by atoms with E-state index in [0.717, 1.165) is 23.7 Å². The summed E-state index contributed by atoms with van der Waals surface area (Å²) >= 11 is 5.88. The highest BCUT2D eigenvalue weighted by Gasteiger charge is 2.37. The molecule has 1 unspecified atom stereocenters. The van der Waals surface area contributed by atoms with E-state index in [4.69, 9.17) is 16.7 Å². The van der Waals surface area contributed by atoms with E-state index >= 15 is 0 Å². The Hall–Kier alpha value is -2.01. The normalized spacial score (nSPS) is 16.1. The number of carboxylic acid groups (broad SMARTS) is 1. The zero-order chi connectivity index (χ0) is 14.3. The number of hydrogen-bond donors (Lipinski definition) is 3. The maximum Gasteiger partial charge on any atom is 0.326 e. The van der Waals surface area contributed by atoms with E-state index in [2.05, 4.69) is 10.3 Å². The molecule has 1 atom stereocenters. The number of amides is 1. The molecule has 1 amide bonds. The van der Waals surface area contributed by atoms with Crippen molar-refractivity contribution >= 4 is 34.4 Å². The van der Waals surface area contributed by atoms with Gasteiger partial charge in [-0.05, 0) is 37.0 Å². The molecule has 0 radical (unpaired) electrons. The predicted molar refractivity (Wildman–Crippen MR) is 74.9 cm³/mol. The highest BCUT2D eigenvalue weighted by molar-refractivity contribution is 6.31. The Morgan fingerprint density at radius 3 is 2.75 bits per heavy atom. The molecule has 5 nitrogen and oxygen atoms in total. The third-order valence-electron chi connectivity index (χ3n) is 3.48. The molecular formula is C14H13ClN2O3. The fourth-order valence-corrected chi connectivity index (χ4v) is 2.42. The molecule has 0 spiro atoms. The van der Waals surface area contributed by atoms with E-state index in [1.807, 2.05) is 0 Å². The smallest absolute Gasteiger partial charge is 0.326 e. The molecule has 0 bridgehead atoms. The van der Waals surface area contributed by atoms with Gasteiger partial charge in [0.2, 0.25) is 0 Å². The molecule has 1 fully saturated rings. The van der Waals surface area contributed by atoms with Crippen molar-refractivity contribution < 1.29 is 14.7 Å². The number of carbonyl (C=O) groups excluding carboxylic acids is 1. The SMILES string of the molecule is O=C(NC(C(=O)O)C1CC1)c1cc2ccc(Cl)cc2[nH]1. The van der Waals surface area contributed by atoms with Crippen LogP contribution in [0.3, 0.4) is 0 Å². The summed E-state index contributed by atoms with van der Waals surface area (Å²) in [5, 5.41) is 13.1. The maximum absolute atomic E-state index is 12.1. The maximum atomic E-state index is 12.1. The molecule has 1 aliphatic rings. The van der Waals surface area contributed by atoms with Gasteiger partial charge in [0.1, 0.15) is 11.7 Å². The fraction of sp³-hybridized carbons (Fsp3) is 0.286. The third kappa shape index (κ3) is 2.49. The Morgan fingerprint density at radius 2 is 2.10 bits per heavy atom. The van der Waals surface area contributed by atoms with Crippen molar-refractivity contribution in [3.05, 3.63) is 35.0 Å². The van der Waals surface area contributed by atoms with E-state index in [1.165, 1.54) is 0 Å². The molecule has 6 heteroatoms. The summed E-state index contributed by atoms with van der Waals surface area (Å²) in [7, 11) is 0. The number of aromatic nitrogens is 1. The number of nitrogens with one attached hydrogen (secondary N) is 2. The van der Waals surface area contributed by atoms with Gasteiger partial charge in [-0.3, -0.25) is 4.79 Å². The van der Waals surface area contributed by atoms with Crippen LogP contribution in [0, 0.1) is 5.92 Å². The van der Waals surface area contributed by atoms with E-state index in [-0.39, 0.29) is 5.92 Å².